The molecule has 0 fully saturated rings. The van der Waals surface area contributed by atoms with Crippen LogP contribution in [0.25, 0.3) is 11.0 Å². The van der Waals surface area contributed by atoms with Gasteiger partial charge in [-0.15, -0.1) is 5.10 Å². The predicted octanol–water partition coefficient (Wildman–Crippen LogP) is 4.78. The summed E-state index contributed by atoms with van der Waals surface area (Å²) in [6.45, 7) is 7.82. The van der Waals surface area contributed by atoms with Gasteiger partial charge in [0, 0.05) is 11.2 Å². The molecular weight excluding hydrogens is 466 g/mol. The van der Waals surface area contributed by atoms with Crippen LogP contribution in [0, 0.1) is 0 Å². The zero-order valence-corrected chi connectivity index (χ0v) is 21.7. The quantitative estimate of drug-likeness (QED) is 0.345. The summed E-state index contributed by atoms with van der Waals surface area (Å²) in [5.41, 5.74) is 3.12. The molecule has 2 N–H and O–H groups in total. The number of phenols is 1. The molecule has 0 saturated carbocycles. The van der Waals surface area contributed by atoms with Crippen LogP contribution in [0.1, 0.15) is 51.3 Å². The Hall–Kier alpha value is -4.20. The number of aromatic nitrogens is 3. The molecule has 0 bridgehead atoms. The lowest BCUT2D eigenvalue weighted by molar-refractivity contribution is -0.128. The smallest absolute Gasteiger partial charge is 0.249 e. The Kier molecular flexibility index (Phi) is 7.57. The molecule has 3 aromatic carbocycles. The van der Waals surface area contributed by atoms with Gasteiger partial charge < -0.3 is 10.4 Å². The van der Waals surface area contributed by atoms with E-state index in [4.69, 9.17) is 0 Å². The Balaban J connectivity index is 1.85. The van der Waals surface area contributed by atoms with Crippen LogP contribution in [0.2, 0.25) is 0 Å². The number of para-hydroxylation sites is 2. The Morgan fingerprint density at radius 2 is 1.68 bits per heavy atom. The van der Waals surface area contributed by atoms with Gasteiger partial charge in [0.2, 0.25) is 11.8 Å². The number of nitrogens with zero attached hydrogens (tertiary/aromatic N) is 4. The van der Waals surface area contributed by atoms with E-state index < -0.39 is 11.6 Å². The number of aromatic hydroxyl groups is 1. The van der Waals surface area contributed by atoms with E-state index in [-0.39, 0.29) is 24.1 Å². The summed E-state index contributed by atoms with van der Waals surface area (Å²) in [4.78, 5) is 29.6. The van der Waals surface area contributed by atoms with Crippen molar-refractivity contribution in [1.29, 1.82) is 0 Å². The van der Waals surface area contributed by atoms with Crippen molar-refractivity contribution in [3.8, 4) is 5.75 Å². The van der Waals surface area contributed by atoms with Crippen molar-refractivity contribution in [3.05, 3.63) is 83.9 Å². The first-order valence-electron chi connectivity index (χ1n) is 12.5. The maximum absolute atomic E-state index is 14.2. The minimum absolute atomic E-state index is 0.0812. The molecule has 1 aromatic heterocycles. The van der Waals surface area contributed by atoms with Gasteiger partial charge in [0.05, 0.1) is 5.52 Å². The second kappa shape index (κ2) is 10.8. The van der Waals surface area contributed by atoms with Crippen LogP contribution in [-0.2, 0) is 22.6 Å². The minimum Gasteiger partial charge on any atom is -0.508 e. The summed E-state index contributed by atoms with van der Waals surface area (Å²) >= 11 is 0. The third-order valence-electron chi connectivity index (χ3n) is 6.67. The second-order valence-electron chi connectivity index (χ2n) is 9.70. The van der Waals surface area contributed by atoms with Gasteiger partial charge in [0.1, 0.15) is 23.9 Å². The van der Waals surface area contributed by atoms with E-state index >= 15 is 0 Å². The van der Waals surface area contributed by atoms with Crippen molar-refractivity contribution in [1.82, 2.24) is 20.3 Å². The van der Waals surface area contributed by atoms with Gasteiger partial charge in [-0.1, -0.05) is 61.5 Å². The molecule has 8 nitrogen and oxygen atoms in total. The van der Waals surface area contributed by atoms with E-state index in [0.717, 1.165) is 11.1 Å². The fraction of sp³-hybridized carbons (Fsp3) is 0.310. The van der Waals surface area contributed by atoms with Crippen molar-refractivity contribution < 1.29 is 14.7 Å². The summed E-state index contributed by atoms with van der Waals surface area (Å²) < 4.78 is 1.56. The molecule has 192 valence electrons. The van der Waals surface area contributed by atoms with Crippen LogP contribution in [0.5, 0.6) is 5.75 Å². The molecule has 37 heavy (non-hydrogen) atoms. The third-order valence-corrected chi connectivity index (χ3v) is 6.67. The highest BCUT2D eigenvalue weighted by Gasteiger charge is 2.36. The van der Waals surface area contributed by atoms with E-state index in [0.29, 0.717) is 29.6 Å². The molecule has 0 aliphatic rings. The number of hydrogen-bond donors (Lipinski definition) is 2. The average molecular weight is 500 g/mol. The summed E-state index contributed by atoms with van der Waals surface area (Å²) in [6, 6.07) is 20.5. The summed E-state index contributed by atoms with van der Waals surface area (Å²) in [5.74, 6) is -0.531. The molecule has 1 atom stereocenters. The first-order chi connectivity index (χ1) is 17.7. The highest BCUT2D eigenvalue weighted by molar-refractivity contribution is 6.02. The molecule has 1 heterocycles. The number of anilines is 1. The average Bonchev–Trinajstić information content (AvgIpc) is 3.30. The first kappa shape index (κ1) is 25.9. The van der Waals surface area contributed by atoms with E-state index in [1.807, 2.05) is 76.2 Å². The van der Waals surface area contributed by atoms with Crippen molar-refractivity contribution in [2.24, 2.45) is 0 Å². The number of nitrogens with one attached hydrogen (secondary N) is 1. The highest BCUT2D eigenvalue weighted by atomic mass is 16.3. The van der Waals surface area contributed by atoms with E-state index in [1.54, 1.807) is 21.7 Å². The highest BCUT2D eigenvalue weighted by Crippen LogP contribution is 2.33. The maximum atomic E-state index is 14.2. The number of rotatable bonds is 9. The number of fused-ring (bicyclic) bond motifs is 1. The van der Waals surface area contributed by atoms with Crippen LogP contribution in [0.4, 0.5) is 5.69 Å². The molecule has 0 radical (unpaired) electrons. The van der Waals surface area contributed by atoms with Gasteiger partial charge in [-0.2, -0.15) is 0 Å². The van der Waals surface area contributed by atoms with Crippen molar-refractivity contribution in [2.45, 2.75) is 58.7 Å². The number of benzene rings is 3. The molecule has 0 spiro atoms. The summed E-state index contributed by atoms with van der Waals surface area (Å²) in [6.07, 6.45) is 1.39. The normalized spacial score (nSPS) is 12.3. The SMILES string of the molecule is CCc1ccccc1N(C(=O)Cn1nnc2ccccc21)C(C(=O)NC(C)(C)CC)c1ccc(O)cc1. The Labute approximate surface area is 216 Å². The standard InChI is InChI=1S/C29H33N5O3/c1-5-20-11-7-9-13-24(20)34(26(36)19-33-25-14-10-8-12-23(25)31-32-33)27(21-15-17-22(35)18-16-21)28(37)30-29(3,4)6-2/h7-18,27,35H,5-6,19H2,1-4H3,(H,30,37). The Morgan fingerprint density at radius 3 is 2.38 bits per heavy atom. The molecule has 0 saturated heterocycles. The van der Waals surface area contributed by atoms with Crippen molar-refractivity contribution in [3.63, 3.8) is 0 Å². The second-order valence-corrected chi connectivity index (χ2v) is 9.70. The van der Waals surface area contributed by atoms with Crippen molar-refractivity contribution in [2.75, 3.05) is 4.90 Å². The molecule has 0 aliphatic heterocycles. The van der Waals surface area contributed by atoms with Crippen LogP contribution >= 0.6 is 0 Å². The number of carbonyl (C=O) groups is 2. The monoisotopic (exact) mass is 499 g/mol. The molecule has 4 rings (SSSR count). The largest absolute Gasteiger partial charge is 0.508 e. The summed E-state index contributed by atoms with van der Waals surface area (Å²) in [5, 5.41) is 21.4. The van der Waals surface area contributed by atoms with Crippen LogP contribution in [0.3, 0.4) is 0 Å². The number of amides is 2. The fourth-order valence-corrected chi connectivity index (χ4v) is 4.27. The van der Waals surface area contributed by atoms with Crippen LogP contribution in [-0.4, -0.2) is 37.5 Å². The van der Waals surface area contributed by atoms with Gasteiger partial charge in [0.15, 0.2) is 0 Å². The Bertz CT molecular complexity index is 1390. The fourth-order valence-electron chi connectivity index (χ4n) is 4.27. The first-order valence-corrected chi connectivity index (χ1v) is 12.5. The zero-order valence-electron chi connectivity index (χ0n) is 21.7. The molecule has 1 unspecified atom stereocenters. The Morgan fingerprint density at radius 1 is 1.00 bits per heavy atom. The van der Waals surface area contributed by atoms with Gasteiger partial charge >= 0.3 is 0 Å². The topological polar surface area (TPSA) is 100 Å². The van der Waals surface area contributed by atoms with Gasteiger partial charge in [-0.05, 0) is 68.1 Å². The summed E-state index contributed by atoms with van der Waals surface area (Å²) in [7, 11) is 0. The maximum Gasteiger partial charge on any atom is 0.249 e. The van der Waals surface area contributed by atoms with Crippen molar-refractivity contribution >= 4 is 28.5 Å². The molecular formula is C29H33N5O3. The van der Waals surface area contributed by atoms with Crippen LogP contribution in [0.15, 0.2) is 72.8 Å². The van der Waals surface area contributed by atoms with E-state index in [2.05, 4.69) is 15.6 Å². The van der Waals surface area contributed by atoms with Gasteiger partial charge in [-0.3, -0.25) is 14.5 Å². The lowest BCUT2D eigenvalue weighted by Gasteiger charge is -2.35. The number of carbonyl (C=O) groups excluding carboxylic acids is 2. The number of hydrogen-bond acceptors (Lipinski definition) is 5. The molecule has 0 aliphatic carbocycles. The number of phenolic OH excluding ortho intramolecular Hbond substituents is 1. The molecule has 4 aromatic rings. The zero-order chi connectivity index (χ0) is 26.6. The molecule has 2 amide bonds. The van der Waals surface area contributed by atoms with Gasteiger partial charge in [-0.25, -0.2) is 4.68 Å². The predicted molar refractivity (Wildman–Crippen MR) is 144 cm³/mol. The molecule has 8 heteroatoms. The lowest BCUT2D eigenvalue weighted by atomic mass is 9.97. The minimum atomic E-state index is -0.971. The lowest BCUT2D eigenvalue weighted by Crippen LogP contribution is -2.51. The van der Waals surface area contributed by atoms with E-state index in [1.165, 1.54) is 12.1 Å². The number of aryl methyl sites for hydroxylation is 1. The van der Waals surface area contributed by atoms with Crippen LogP contribution < -0.4 is 10.2 Å². The van der Waals surface area contributed by atoms with Gasteiger partial charge in [0.25, 0.3) is 0 Å². The third kappa shape index (κ3) is 5.63. The van der Waals surface area contributed by atoms with E-state index in [9.17, 15) is 14.7 Å².